The fraction of sp³-hybridized carbons (Fsp3) is 0.588. The summed E-state index contributed by atoms with van der Waals surface area (Å²) in [4.78, 5) is 7.07. The lowest BCUT2D eigenvalue weighted by atomic mass is 10.1. The molecule has 1 aromatic carbocycles. The van der Waals surface area contributed by atoms with Crippen LogP contribution in [0.5, 0.6) is 0 Å². The van der Waals surface area contributed by atoms with Crippen molar-refractivity contribution in [3.63, 3.8) is 0 Å². The maximum Gasteiger partial charge on any atom is 0.106 e. The van der Waals surface area contributed by atoms with Crippen LogP contribution in [-0.2, 0) is 6.54 Å². The number of nitrogens with zero attached hydrogens (tertiary/aromatic N) is 3. The third-order valence-electron chi connectivity index (χ3n) is 4.57. The van der Waals surface area contributed by atoms with Gasteiger partial charge in [0.1, 0.15) is 5.82 Å². The third-order valence-corrected chi connectivity index (χ3v) is 4.57. The van der Waals surface area contributed by atoms with E-state index in [4.69, 9.17) is 0 Å². The second-order valence-corrected chi connectivity index (χ2v) is 6.18. The molecule has 3 rings (SSSR count). The largest absolute Gasteiger partial charge is 0.327 e. The molecule has 1 saturated heterocycles. The molecule has 1 N–H and O–H groups in total. The number of para-hydroxylation sites is 2. The van der Waals surface area contributed by atoms with Crippen LogP contribution < -0.4 is 5.32 Å². The fourth-order valence-corrected chi connectivity index (χ4v) is 3.30. The summed E-state index contributed by atoms with van der Waals surface area (Å²) < 4.78 is 2.32. The Morgan fingerprint density at radius 3 is 3.00 bits per heavy atom. The molecule has 1 aliphatic heterocycles. The summed E-state index contributed by atoms with van der Waals surface area (Å²) in [6.07, 6.45) is 3.87. The van der Waals surface area contributed by atoms with Crippen molar-refractivity contribution in [2.75, 3.05) is 26.7 Å². The highest BCUT2D eigenvalue weighted by Gasteiger charge is 2.14. The van der Waals surface area contributed by atoms with Crippen molar-refractivity contribution >= 4 is 11.0 Å². The average molecular weight is 286 g/mol. The molecule has 1 atom stereocenters. The van der Waals surface area contributed by atoms with Gasteiger partial charge in [-0.2, -0.15) is 0 Å². The molecule has 0 bridgehead atoms. The van der Waals surface area contributed by atoms with Crippen molar-refractivity contribution in [3.05, 3.63) is 30.1 Å². The monoisotopic (exact) mass is 286 g/mol. The Hall–Kier alpha value is -1.39. The van der Waals surface area contributed by atoms with Crippen LogP contribution in [0.2, 0.25) is 0 Å². The summed E-state index contributed by atoms with van der Waals surface area (Å²) >= 11 is 0. The molecule has 1 aromatic heterocycles. The molecule has 21 heavy (non-hydrogen) atoms. The van der Waals surface area contributed by atoms with Crippen molar-refractivity contribution in [1.82, 2.24) is 19.8 Å². The van der Waals surface area contributed by atoms with E-state index < -0.39 is 0 Å². The van der Waals surface area contributed by atoms with Gasteiger partial charge in [-0.05, 0) is 58.5 Å². The number of hydrogen-bond acceptors (Lipinski definition) is 3. The number of fused-ring (bicyclic) bond motifs is 1. The average Bonchev–Trinajstić information content (AvgIpc) is 2.65. The Morgan fingerprint density at radius 1 is 1.24 bits per heavy atom. The van der Waals surface area contributed by atoms with Crippen LogP contribution in [0.3, 0.4) is 0 Å². The van der Waals surface area contributed by atoms with Gasteiger partial charge in [-0.15, -0.1) is 0 Å². The van der Waals surface area contributed by atoms with Gasteiger partial charge in [-0.3, -0.25) is 0 Å². The van der Waals surface area contributed by atoms with Gasteiger partial charge < -0.3 is 14.8 Å². The van der Waals surface area contributed by atoms with Crippen LogP contribution in [0, 0.1) is 6.92 Å². The highest BCUT2D eigenvalue weighted by Crippen LogP contribution is 2.15. The van der Waals surface area contributed by atoms with Crippen LogP contribution in [0.1, 0.15) is 25.1 Å². The van der Waals surface area contributed by atoms with E-state index in [1.807, 2.05) is 0 Å². The molecule has 1 fully saturated rings. The quantitative estimate of drug-likeness (QED) is 0.937. The number of aromatic nitrogens is 2. The van der Waals surface area contributed by atoms with E-state index in [0.717, 1.165) is 24.4 Å². The first-order valence-electron chi connectivity index (χ1n) is 8.08. The lowest BCUT2D eigenvalue weighted by Crippen LogP contribution is -2.32. The molecule has 0 amide bonds. The topological polar surface area (TPSA) is 33.1 Å². The smallest absolute Gasteiger partial charge is 0.106 e. The highest BCUT2D eigenvalue weighted by molar-refractivity contribution is 5.75. The van der Waals surface area contributed by atoms with Gasteiger partial charge in [-0.1, -0.05) is 12.1 Å². The zero-order valence-corrected chi connectivity index (χ0v) is 13.2. The van der Waals surface area contributed by atoms with Crippen molar-refractivity contribution < 1.29 is 0 Å². The molecule has 4 heteroatoms. The molecule has 1 unspecified atom stereocenters. The molecule has 2 aromatic rings. The highest BCUT2D eigenvalue weighted by atomic mass is 15.1. The van der Waals surface area contributed by atoms with E-state index >= 15 is 0 Å². The lowest BCUT2D eigenvalue weighted by molar-refractivity contribution is 0.343. The number of likely N-dealkylation sites (tertiary alicyclic amines) is 1. The summed E-state index contributed by atoms with van der Waals surface area (Å²) in [5, 5.41) is 3.74. The van der Waals surface area contributed by atoms with Crippen LogP contribution in [0.25, 0.3) is 11.0 Å². The minimum atomic E-state index is 0.671. The molecular formula is C17H26N4. The number of aryl methyl sites for hydroxylation is 1. The third kappa shape index (κ3) is 3.44. The molecule has 2 heterocycles. The van der Waals surface area contributed by atoms with Gasteiger partial charge in [0, 0.05) is 19.1 Å². The van der Waals surface area contributed by atoms with Crippen LogP contribution >= 0.6 is 0 Å². The Bertz CT molecular complexity index is 589. The zero-order chi connectivity index (χ0) is 14.7. The molecule has 114 valence electrons. The summed E-state index contributed by atoms with van der Waals surface area (Å²) in [7, 11) is 2.23. The van der Waals surface area contributed by atoms with Gasteiger partial charge in [0.05, 0.1) is 11.0 Å². The maximum absolute atomic E-state index is 4.63. The number of rotatable bonds is 4. The van der Waals surface area contributed by atoms with E-state index in [1.54, 1.807) is 0 Å². The van der Waals surface area contributed by atoms with Crippen LogP contribution in [-0.4, -0.2) is 47.2 Å². The summed E-state index contributed by atoms with van der Waals surface area (Å²) in [6, 6.07) is 9.07. The zero-order valence-electron chi connectivity index (χ0n) is 13.2. The predicted molar refractivity (Wildman–Crippen MR) is 87.6 cm³/mol. The van der Waals surface area contributed by atoms with Crippen molar-refractivity contribution in [2.24, 2.45) is 0 Å². The number of benzene rings is 1. The summed E-state index contributed by atoms with van der Waals surface area (Å²) in [5.41, 5.74) is 2.35. The van der Waals surface area contributed by atoms with E-state index in [1.165, 1.54) is 37.9 Å². The van der Waals surface area contributed by atoms with Gasteiger partial charge in [0.15, 0.2) is 0 Å². The minimum Gasteiger partial charge on any atom is -0.327 e. The van der Waals surface area contributed by atoms with Crippen LogP contribution in [0.15, 0.2) is 24.3 Å². The first-order chi connectivity index (χ1) is 10.2. The lowest BCUT2D eigenvalue weighted by Gasteiger charge is -2.17. The second-order valence-electron chi connectivity index (χ2n) is 6.18. The summed E-state index contributed by atoms with van der Waals surface area (Å²) in [6.45, 7) is 6.57. The molecule has 0 radical (unpaired) electrons. The standard InChI is InChI=1S/C17H26N4/c1-14-19-16-7-3-4-8-17(16)21(14)13-10-18-15-6-5-11-20(2)12-9-15/h3-4,7-8,15,18H,5-6,9-13H2,1-2H3. The number of imidazole rings is 1. The Labute approximate surface area is 127 Å². The maximum atomic E-state index is 4.63. The fourth-order valence-electron chi connectivity index (χ4n) is 3.30. The molecule has 0 saturated carbocycles. The Balaban J connectivity index is 1.58. The van der Waals surface area contributed by atoms with Crippen LogP contribution in [0.4, 0.5) is 0 Å². The van der Waals surface area contributed by atoms with Crippen molar-refractivity contribution in [3.8, 4) is 0 Å². The molecular weight excluding hydrogens is 260 g/mol. The second kappa shape index (κ2) is 6.58. The Kier molecular flexibility index (Phi) is 4.56. The predicted octanol–water partition coefficient (Wildman–Crippen LogP) is 2.42. The van der Waals surface area contributed by atoms with Crippen molar-refractivity contribution in [2.45, 2.75) is 38.8 Å². The normalized spacial score (nSPS) is 20.8. The van der Waals surface area contributed by atoms with Gasteiger partial charge in [0.25, 0.3) is 0 Å². The van der Waals surface area contributed by atoms with E-state index in [-0.39, 0.29) is 0 Å². The summed E-state index contributed by atoms with van der Waals surface area (Å²) in [5.74, 6) is 1.11. The SMILES string of the molecule is Cc1nc2ccccc2n1CCNC1CCCN(C)CC1. The van der Waals surface area contributed by atoms with Crippen molar-refractivity contribution in [1.29, 1.82) is 0 Å². The first-order valence-corrected chi connectivity index (χ1v) is 8.08. The molecule has 4 nitrogen and oxygen atoms in total. The van der Waals surface area contributed by atoms with Gasteiger partial charge in [-0.25, -0.2) is 4.98 Å². The molecule has 1 aliphatic rings. The number of nitrogens with one attached hydrogen (secondary N) is 1. The molecule has 0 spiro atoms. The van der Waals surface area contributed by atoms with Gasteiger partial charge in [0.2, 0.25) is 0 Å². The minimum absolute atomic E-state index is 0.671. The number of hydrogen-bond donors (Lipinski definition) is 1. The van der Waals surface area contributed by atoms with E-state index in [9.17, 15) is 0 Å². The van der Waals surface area contributed by atoms with E-state index in [2.05, 4.69) is 58.0 Å². The first kappa shape index (κ1) is 14.5. The van der Waals surface area contributed by atoms with Gasteiger partial charge >= 0.3 is 0 Å². The van der Waals surface area contributed by atoms with E-state index in [0.29, 0.717) is 6.04 Å². The Morgan fingerprint density at radius 2 is 2.10 bits per heavy atom. The molecule has 0 aliphatic carbocycles.